The highest BCUT2D eigenvalue weighted by Crippen LogP contribution is 2.24. The number of imidazole rings is 1. The monoisotopic (exact) mass is 398 g/mol. The third-order valence-electron chi connectivity index (χ3n) is 4.91. The number of para-hydroxylation sites is 2. The molecule has 2 heterocycles. The minimum absolute atomic E-state index is 0.161. The van der Waals surface area contributed by atoms with Crippen LogP contribution in [0.1, 0.15) is 23.2 Å². The molecule has 0 saturated carbocycles. The standard InChI is InChI=1S/C20H22N4O3S/c25-20(16-7-9-17(10-8-16)24-13-4-14-28(24,26)27)21-11-3-12-23-15-22-18-5-1-2-6-19(18)23/h1-2,5-10,15H,3-4,11-14H2,(H,21,25). The van der Waals surface area contributed by atoms with Gasteiger partial charge in [-0.2, -0.15) is 0 Å². The quantitative estimate of drug-likeness (QED) is 0.646. The van der Waals surface area contributed by atoms with E-state index in [1.165, 1.54) is 4.31 Å². The summed E-state index contributed by atoms with van der Waals surface area (Å²) >= 11 is 0. The molecule has 0 radical (unpaired) electrons. The Kier molecular flexibility index (Phi) is 5.04. The zero-order valence-electron chi connectivity index (χ0n) is 15.4. The molecular weight excluding hydrogens is 376 g/mol. The number of hydrogen-bond donors (Lipinski definition) is 1. The van der Waals surface area contributed by atoms with Gasteiger partial charge >= 0.3 is 0 Å². The predicted molar refractivity (Wildman–Crippen MR) is 109 cm³/mol. The number of aromatic nitrogens is 2. The van der Waals surface area contributed by atoms with Gasteiger partial charge in [0.15, 0.2) is 0 Å². The van der Waals surface area contributed by atoms with Crippen LogP contribution in [0.3, 0.4) is 0 Å². The average Bonchev–Trinajstić information content (AvgIpc) is 3.28. The highest BCUT2D eigenvalue weighted by Gasteiger charge is 2.28. The zero-order chi connectivity index (χ0) is 19.6. The van der Waals surface area contributed by atoms with E-state index >= 15 is 0 Å². The van der Waals surface area contributed by atoms with Gasteiger partial charge in [-0.3, -0.25) is 9.10 Å². The van der Waals surface area contributed by atoms with Crippen LogP contribution in [0, 0.1) is 0 Å². The number of carbonyl (C=O) groups excluding carboxylic acids is 1. The Hall–Kier alpha value is -2.87. The molecule has 146 valence electrons. The van der Waals surface area contributed by atoms with Crippen molar-refractivity contribution in [2.75, 3.05) is 23.1 Å². The molecule has 1 fully saturated rings. The second-order valence-electron chi connectivity index (χ2n) is 6.82. The molecule has 0 bridgehead atoms. The molecule has 1 aliphatic rings. The van der Waals surface area contributed by atoms with Crippen LogP contribution >= 0.6 is 0 Å². The number of aryl methyl sites for hydroxylation is 1. The van der Waals surface area contributed by atoms with Gasteiger partial charge in [0.2, 0.25) is 10.0 Å². The molecule has 28 heavy (non-hydrogen) atoms. The lowest BCUT2D eigenvalue weighted by Crippen LogP contribution is -2.26. The summed E-state index contributed by atoms with van der Waals surface area (Å²) < 4.78 is 27.4. The van der Waals surface area contributed by atoms with E-state index in [1.807, 2.05) is 30.6 Å². The molecule has 2 aromatic carbocycles. The van der Waals surface area contributed by atoms with Crippen LogP contribution in [-0.2, 0) is 16.6 Å². The summed E-state index contributed by atoms with van der Waals surface area (Å²) in [4.78, 5) is 16.7. The van der Waals surface area contributed by atoms with Gasteiger partial charge in [0.1, 0.15) is 0 Å². The van der Waals surface area contributed by atoms with Gasteiger partial charge in [-0.05, 0) is 49.2 Å². The van der Waals surface area contributed by atoms with Gasteiger partial charge in [0, 0.05) is 25.2 Å². The van der Waals surface area contributed by atoms with Gasteiger partial charge in [0.05, 0.1) is 28.8 Å². The van der Waals surface area contributed by atoms with Gasteiger partial charge in [0.25, 0.3) is 5.91 Å². The number of nitrogens with zero attached hydrogens (tertiary/aromatic N) is 3. The highest BCUT2D eigenvalue weighted by atomic mass is 32.2. The number of amides is 1. The Morgan fingerprint density at radius 2 is 1.89 bits per heavy atom. The molecule has 1 aromatic heterocycles. The summed E-state index contributed by atoms with van der Waals surface area (Å²) in [6.45, 7) is 1.82. The zero-order valence-corrected chi connectivity index (χ0v) is 16.2. The lowest BCUT2D eigenvalue weighted by molar-refractivity contribution is 0.0953. The first-order valence-corrected chi connectivity index (χ1v) is 10.9. The van der Waals surface area contributed by atoms with E-state index in [-0.39, 0.29) is 11.7 Å². The van der Waals surface area contributed by atoms with E-state index in [9.17, 15) is 13.2 Å². The van der Waals surface area contributed by atoms with E-state index in [4.69, 9.17) is 0 Å². The maximum absolute atomic E-state index is 12.3. The van der Waals surface area contributed by atoms with Crippen molar-refractivity contribution in [3.05, 3.63) is 60.4 Å². The maximum Gasteiger partial charge on any atom is 0.251 e. The second kappa shape index (κ2) is 7.63. The fourth-order valence-corrected chi connectivity index (χ4v) is 5.01. The van der Waals surface area contributed by atoms with Crippen molar-refractivity contribution < 1.29 is 13.2 Å². The molecule has 7 nitrogen and oxygen atoms in total. The largest absolute Gasteiger partial charge is 0.352 e. The number of carbonyl (C=O) groups is 1. The molecule has 0 spiro atoms. The summed E-state index contributed by atoms with van der Waals surface area (Å²) in [6.07, 6.45) is 3.24. The van der Waals surface area contributed by atoms with Crippen LogP contribution < -0.4 is 9.62 Å². The number of rotatable bonds is 6. The van der Waals surface area contributed by atoms with Crippen molar-refractivity contribution in [2.24, 2.45) is 0 Å². The molecule has 0 atom stereocenters. The third-order valence-corrected chi connectivity index (χ3v) is 6.78. The molecule has 1 amide bonds. The van der Waals surface area contributed by atoms with Crippen molar-refractivity contribution in [3.8, 4) is 0 Å². The van der Waals surface area contributed by atoms with Crippen LogP contribution in [0.4, 0.5) is 5.69 Å². The maximum atomic E-state index is 12.3. The summed E-state index contributed by atoms with van der Waals surface area (Å²) in [7, 11) is -3.20. The lowest BCUT2D eigenvalue weighted by Gasteiger charge is -2.17. The molecule has 4 rings (SSSR count). The lowest BCUT2D eigenvalue weighted by atomic mass is 10.2. The summed E-state index contributed by atoms with van der Waals surface area (Å²) in [5.41, 5.74) is 3.18. The van der Waals surface area contributed by atoms with Gasteiger partial charge < -0.3 is 9.88 Å². The van der Waals surface area contributed by atoms with Crippen molar-refractivity contribution in [1.82, 2.24) is 14.9 Å². The van der Waals surface area contributed by atoms with E-state index in [2.05, 4.69) is 14.9 Å². The van der Waals surface area contributed by atoms with Crippen LogP contribution in [0.15, 0.2) is 54.9 Å². The van der Waals surface area contributed by atoms with Gasteiger partial charge in [-0.1, -0.05) is 12.1 Å². The fraction of sp³-hybridized carbons (Fsp3) is 0.300. The van der Waals surface area contributed by atoms with Crippen LogP contribution in [0.2, 0.25) is 0 Å². The number of benzene rings is 2. The molecule has 1 aliphatic heterocycles. The van der Waals surface area contributed by atoms with Crippen molar-refractivity contribution in [1.29, 1.82) is 0 Å². The smallest absolute Gasteiger partial charge is 0.251 e. The molecule has 3 aromatic rings. The number of hydrogen-bond acceptors (Lipinski definition) is 4. The van der Waals surface area contributed by atoms with E-state index < -0.39 is 10.0 Å². The average molecular weight is 398 g/mol. The third kappa shape index (κ3) is 3.73. The van der Waals surface area contributed by atoms with Gasteiger partial charge in [-0.15, -0.1) is 0 Å². The Labute approximate surface area is 164 Å². The first-order valence-electron chi connectivity index (χ1n) is 9.33. The van der Waals surface area contributed by atoms with E-state index in [0.29, 0.717) is 30.8 Å². The van der Waals surface area contributed by atoms with Crippen LogP contribution in [0.25, 0.3) is 11.0 Å². The van der Waals surface area contributed by atoms with Crippen LogP contribution in [0.5, 0.6) is 0 Å². The predicted octanol–water partition coefficient (Wildman–Crippen LogP) is 2.40. The molecule has 0 unspecified atom stereocenters. The Morgan fingerprint density at radius 3 is 2.64 bits per heavy atom. The number of sulfonamides is 1. The summed E-state index contributed by atoms with van der Waals surface area (Å²) in [6, 6.07) is 14.7. The molecule has 0 aliphatic carbocycles. The van der Waals surface area contributed by atoms with E-state index in [1.54, 1.807) is 24.3 Å². The Balaban J connectivity index is 1.30. The fourth-order valence-electron chi connectivity index (χ4n) is 3.45. The van der Waals surface area contributed by atoms with Crippen molar-refractivity contribution in [2.45, 2.75) is 19.4 Å². The molecule has 1 N–H and O–H groups in total. The van der Waals surface area contributed by atoms with Crippen molar-refractivity contribution >= 4 is 32.7 Å². The van der Waals surface area contributed by atoms with E-state index in [0.717, 1.165) is 24.0 Å². The first-order chi connectivity index (χ1) is 13.5. The Morgan fingerprint density at radius 1 is 1.11 bits per heavy atom. The Bertz CT molecular complexity index is 1090. The molecule has 8 heteroatoms. The van der Waals surface area contributed by atoms with Crippen molar-refractivity contribution in [3.63, 3.8) is 0 Å². The minimum atomic E-state index is -3.20. The first kappa shape index (κ1) is 18.5. The SMILES string of the molecule is O=C(NCCCn1cnc2ccccc21)c1ccc(N2CCCS2(=O)=O)cc1. The summed E-state index contributed by atoms with van der Waals surface area (Å²) in [5.74, 6) is 0.0212. The number of nitrogens with one attached hydrogen (secondary N) is 1. The van der Waals surface area contributed by atoms with Gasteiger partial charge in [-0.25, -0.2) is 13.4 Å². The number of anilines is 1. The number of fused-ring (bicyclic) bond motifs is 1. The molecular formula is C20H22N4O3S. The second-order valence-corrected chi connectivity index (χ2v) is 8.84. The van der Waals surface area contributed by atoms with Crippen LogP contribution in [-0.4, -0.2) is 42.7 Å². The minimum Gasteiger partial charge on any atom is -0.352 e. The highest BCUT2D eigenvalue weighted by molar-refractivity contribution is 7.93. The summed E-state index contributed by atoms with van der Waals surface area (Å²) in [5, 5.41) is 2.91. The topological polar surface area (TPSA) is 84.3 Å². The normalized spacial score (nSPS) is 15.8. The molecule has 1 saturated heterocycles.